The van der Waals surface area contributed by atoms with Gasteiger partial charge < -0.3 is 0 Å². The van der Waals surface area contributed by atoms with Gasteiger partial charge in [-0.15, -0.1) is 0 Å². The summed E-state index contributed by atoms with van der Waals surface area (Å²) >= 11 is 0. The molecule has 0 unspecified atom stereocenters. The Hall–Kier alpha value is -0.780. The molecule has 0 aromatic rings. The lowest BCUT2D eigenvalue weighted by molar-refractivity contribution is 0.959. The lowest BCUT2D eigenvalue weighted by Gasteiger charge is -1.78. The van der Waals surface area contributed by atoms with Gasteiger partial charge in [-0.2, -0.15) is 0 Å². The zero-order valence-corrected chi connectivity index (χ0v) is 11.6. The molecule has 0 atom stereocenters. The third kappa shape index (κ3) is 43.0. The molecular formula is C15H30. The Bertz CT molecular complexity index is 138. The molecule has 0 spiro atoms. The van der Waals surface area contributed by atoms with Crippen LogP contribution in [0.2, 0.25) is 0 Å². The summed E-state index contributed by atoms with van der Waals surface area (Å²) in [7, 11) is 0. The Morgan fingerprint density at radius 1 is 0.800 bits per heavy atom. The van der Waals surface area contributed by atoms with Crippen molar-refractivity contribution < 1.29 is 0 Å². The van der Waals surface area contributed by atoms with Crippen molar-refractivity contribution in [3.05, 3.63) is 36.5 Å². The second-order valence-electron chi connectivity index (χ2n) is 2.83. The third-order valence-electron chi connectivity index (χ3n) is 1.12. The van der Waals surface area contributed by atoms with Gasteiger partial charge in [-0.05, 0) is 13.3 Å². The number of allylic oxidation sites excluding steroid dienone is 6. The van der Waals surface area contributed by atoms with E-state index in [0.717, 1.165) is 0 Å². The Labute approximate surface area is 97.8 Å². The van der Waals surface area contributed by atoms with E-state index in [1.807, 2.05) is 39.0 Å². The van der Waals surface area contributed by atoms with Crippen LogP contribution in [0.5, 0.6) is 0 Å². The number of unbranched alkanes of at least 4 members (excludes halogenated alkanes) is 1. The van der Waals surface area contributed by atoms with Gasteiger partial charge in [0.2, 0.25) is 0 Å². The third-order valence-corrected chi connectivity index (χ3v) is 1.12. The Balaban J connectivity index is -0.000000245. The van der Waals surface area contributed by atoms with Crippen LogP contribution in [0.1, 0.15) is 60.8 Å². The van der Waals surface area contributed by atoms with E-state index in [0.29, 0.717) is 0 Å². The van der Waals surface area contributed by atoms with Gasteiger partial charge in [0.15, 0.2) is 0 Å². The monoisotopic (exact) mass is 210 g/mol. The molecule has 0 aliphatic heterocycles. The summed E-state index contributed by atoms with van der Waals surface area (Å²) in [5.41, 5.74) is 0. The van der Waals surface area contributed by atoms with Crippen molar-refractivity contribution >= 4 is 0 Å². The maximum absolute atomic E-state index is 2.18. The highest BCUT2D eigenvalue weighted by molar-refractivity contribution is 5.10. The molecule has 90 valence electrons. The van der Waals surface area contributed by atoms with Gasteiger partial charge in [-0.25, -0.2) is 0 Å². The maximum Gasteiger partial charge on any atom is -0.0350 e. The van der Waals surface area contributed by atoms with E-state index in [4.69, 9.17) is 0 Å². The highest BCUT2D eigenvalue weighted by Gasteiger charge is 1.67. The Kier molecular flexibility index (Phi) is 38.5. The predicted molar refractivity (Wildman–Crippen MR) is 75.3 cm³/mol. The molecule has 0 heteroatoms. The van der Waals surface area contributed by atoms with Crippen LogP contribution < -0.4 is 0 Å². The van der Waals surface area contributed by atoms with Crippen molar-refractivity contribution in [3.8, 4) is 0 Å². The molecule has 0 amide bonds. The highest BCUT2D eigenvalue weighted by Crippen LogP contribution is 1.88. The van der Waals surface area contributed by atoms with Crippen LogP contribution >= 0.6 is 0 Å². The summed E-state index contributed by atoms with van der Waals surface area (Å²) in [6.45, 7) is 12.4. The quantitative estimate of drug-likeness (QED) is 0.505. The van der Waals surface area contributed by atoms with E-state index in [1.165, 1.54) is 19.3 Å². The van der Waals surface area contributed by atoms with Crippen LogP contribution in [0.3, 0.4) is 0 Å². The van der Waals surface area contributed by atoms with E-state index >= 15 is 0 Å². The van der Waals surface area contributed by atoms with Crippen molar-refractivity contribution in [1.82, 2.24) is 0 Å². The van der Waals surface area contributed by atoms with E-state index in [-0.39, 0.29) is 0 Å². The Morgan fingerprint density at radius 2 is 1.27 bits per heavy atom. The minimum atomic E-state index is 1.18. The zero-order chi connectivity index (χ0) is 12.4. The summed E-state index contributed by atoms with van der Waals surface area (Å²) in [5, 5.41) is 0. The van der Waals surface area contributed by atoms with Gasteiger partial charge in [0.1, 0.15) is 0 Å². The van der Waals surface area contributed by atoms with Gasteiger partial charge in [0, 0.05) is 0 Å². The van der Waals surface area contributed by atoms with Crippen molar-refractivity contribution in [1.29, 1.82) is 0 Å². The van der Waals surface area contributed by atoms with Crippen molar-refractivity contribution in [3.63, 3.8) is 0 Å². The molecular weight excluding hydrogens is 180 g/mol. The summed E-state index contributed by atoms with van der Waals surface area (Å²) in [4.78, 5) is 0. The normalized spacial score (nSPS) is 10.0. The fourth-order valence-electron chi connectivity index (χ4n) is 0.581. The standard InChI is InChI=1S/C10H16.C3H8.C2H6/c1-3-5-7-9-10-8-6-4-2;1-3-2;1-2/h3,5,7-10H,4,6H2,1-2H3;3H2,1-2H3;1-2H3/b5-3+,9-7-,10-8-;;. The average Bonchev–Trinajstić information content (AvgIpc) is 2.27. The summed E-state index contributed by atoms with van der Waals surface area (Å²) in [6, 6.07) is 0. The molecule has 0 bridgehead atoms. The van der Waals surface area contributed by atoms with Gasteiger partial charge in [-0.3, -0.25) is 0 Å². The molecule has 0 saturated carbocycles. The molecule has 0 fully saturated rings. The van der Waals surface area contributed by atoms with Crippen LogP contribution in [-0.2, 0) is 0 Å². The van der Waals surface area contributed by atoms with Gasteiger partial charge in [0.25, 0.3) is 0 Å². The lowest BCUT2D eigenvalue weighted by Crippen LogP contribution is -1.58. The molecule has 0 aliphatic rings. The Morgan fingerprint density at radius 3 is 1.67 bits per heavy atom. The molecule has 0 saturated heterocycles. The van der Waals surface area contributed by atoms with Crippen molar-refractivity contribution in [2.24, 2.45) is 0 Å². The van der Waals surface area contributed by atoms with Crippen LogP contribution in [0.25, 0.3) is 0 Å². The van der Waals surface area contributed by atoms with Crippen LogP contribution in [0, 0.1) is 0 Å². The molecule has 0 aliphatic carbocycles. The van der Waals surface area contributed by atoms with Gasteiger partial charge in [0.05, 0.1) is 0 Å². The largest absolute Gasteiger partial charge is 0.0877 e. The summed E-state index contributed by atoms with van der Waals surface area (Å²) in [6.07, 6.45) is 16.1. The van der Waals surface area contributed by atoms with Crippen molar-refractivity contribution in [2.75, 3.05) is 0 Å². The maximum atomic E-state index is 2.18. The SMILES string of the molecule is C/C=C/C=C\C=C/CCC.CC.CCC. The van der Waals surface area contributed by atoms with Crippen molar-refractivity contribution in [2.45, 2.75) is 60.8 Å². The molecule has 0 rings (SSSR count). The van der Waals surface area contributed by atoms with E-state index in [1.54, 1.807) is 0 Å². The second kappa shape index (κ2) is 29.2. The highest BCUT2D eigenvalue weighted by atomic mass is 13.7. The minimum absolute atomic E-state index is 1.18. The molecule has 15 heavy (non-hydrogen) atoms. The molecule has 0 aromatic carbocycles. The molecule has 0 nitrogen and oxygen atoms in total. The van der Waals surface area contributed by atoms with Gasteiger partial charge in [-0.1, -0.05) is 83.9 Å². The minimum Gasteiger partial charge on any atom is -0.0877 e. The first-order chi connectivity index (χ1) is 7.33. The first-order valence-corrected chi connectivity index (χ1v) is 6.27. The summed E-state index contributed by atoms with van der Waals surface area (Å²) in [5.74, 6) is 0. The molecule has 0 heterocycles. The molecule has 0 N–H and O–H groups in total. The van der Waals surface area contributed by atoms with Crippen LogP contribution in [0.4, 0.5) is 0 Å². The number of rotatable bonds is 4. The first-order valence-electron chi connectivity index (χ1n) is 6.27. The van der Waals surface area contributed by atoms with Crippen LogP contribution in [-0.4, -0.2) is 0 Å². The second-order valence-corrected chi connectivity index (χ2v) is 2.83. The van der Waals surface area contributed by atoms with Crippen LogP contribution in [0.15, 0.2) is 36.5 Å². The van der Waals surface area contributed by atoms with E-state index in [2.05, 4.69) is 39.0 Å². The van der Waals surface area contributed by atoms with E-state index < -0.39 is 0 Å². The predicted octanol–water partition coefficient (Wildman–Crippen LogP) is 5.92. The topological polar surface area (TPSA) is 0 Å². The lowest BCUT2D eigenvalue weighted by atomic mass is 10.3. The number of hydrogen-bond acceptors (Lipinski definition) is 0. The van der Waals surface area contributed by atoms with E-state index in [9.17, 15) is 0 Å². The fourth-order valence-corrected chi connectivity index (χ4v) is 0.581. The molecule has 0 radical (unpaired) electrons. The average molecular weight is 210 g/mol. The zero-order valence-electron chi connectivity index (χ0n) is 11.6. The van der Waals surface area contributed by atoms with Gasteiger partial charge >= 0.3 is 0 Å². The first kappa shape index (κ1) is 19.7. The summed E-state index contributed by atoms with van der Waals surface area (Å²) < 4.78 is 0. The molecule has 0 aromatic heterocycles. The fraction of sp³-hybridized carbons (Fsp3) is 0.600. The number of hydrogen-bond donors (Lipinski definition) is 0. The smallest absolute Gasteiger partial charge is 0.0350 e.